The molecule has 0 spiro atoms. The van der Waals surface area contributed by atoms with Gasteiger partial charge in [0.1, 0.15) is 5.84 Å². The normalized spacial score (nSPS) is 13.2. The average Bonchev–Trinajstić information content (AvgIpc) is 3.18. The van der Waals surface area contributed by atoms with E-state index < -0.39 is 22.1 Å². The second-order valence-electron chi connectivity index (χ2n) is 6.48. The van der Waals surface area contributed by atoms with Crippen LogP contribution in [0.2, 0.25) is 0 Å². The Labute approximate surface area is 185 Å². The van der Waals surface area contributed by atoms with E-state index in [1.165, 1.54) is 54.2 Å². The number of nitrogens with one attached hydrogen (secondary N) is 1. The van der Waals surface area contributed by atoms with Crippen LogP contribution in [0.3, 0.4) is 0 Å². The topological polar surface area (TPSA) is 104 Å². The van der Waals surface area contributed by atoms with Gasteiger partial charge in [0, 0.05) is 0 Å². The minimum atomic E-state index is -4.81. The summed E-state index contributed by atoms with van der Waals surface area (Å²) in [6.45, 7) is 0. The van der Waals surface area contributed by atoms with Crippen LogP contribution in [0.25, 0.3) is 11.1 Å². The number of rotatable bonds is 6. The van der Waals surface area contributed by atoms with Crippen molar-refractivity contribution in [2.75, 3.05) is 6.26 Å². The van der Waals surface area contributed by atoms with Crippen LogP contribution in [0.15, 0.2) is 68.6 Å². The molecule has 0 amide bonds. The molecule has 1 atom stereocenters. The van der Waals surface area contributed by atoms with Crippen molar-refractivity contribution >= 4 is 38.8 Å². The number of aliphatic hydroxyl groups is 1. The Morgan fingerprint density at radius 1 is 1.13 bits per heavy atom. The van der Waals surface area contributed by atoms with E-state index >= 15 is 0 Å². The smallest absolute Gasteiger partial charge is 0.383 e. The zero-order valence-electron chi connectivity index (χ0n) is 16.0. The van der Waals surface area contributed by atoms with Crippen molar-refractivity contribution in [3.05, 3.63) is 65.0 Å². The van der Waals surface area contributed by atoms with E-state index in [1.807, 2.05) is 0 Å². The summed E-state index contributed by atoms with van der Waals surface area (Å²) in [6.07, 6.45) is -5.74. The lowest BCUT2D eigenvalue weighted by Crippen LogP contribution is -2.20. The van der Waals surface area contributed by atoms with Gasteiger partial charge in [0.2, 0.25) is 9.84 Å². The SMILES string of the molecule is CSc1sc(C(=N)N)cc1S(=O)(=O)c1cccc(-c2cccc(C(O)C(F)(F)F)c2)c1. The minimum Gasteiger partial charge on any atom is -0.383 e. The number of thiophene rings is 1. The summed E-state index contributed by atoms with van der Waals surface area (Å²) < 4.78 is 65.5. The number of alkyl halides is 3. The molecule has 4 N–H and O–H groups in total. The van der Waals surface area contributed by atoms with Crippen molar-refractivity contribution in [3.8, 4) is 11.1 Å². The minimum absolute atomic E-state index is 0.0218. The summed E-state index contributed by atoms with van der Waals surface area (Å²) in [5, 5.41) is 17.1. The number of nitrogen functional groups attached to an aromatic ring is 1. The van der Waals surface area contributed by atoms with Gasteiger partial charge in [-0.05, 0) is 47.2 Å². The molecular formula is C20H17F3N2O3S3. The summed E-state index contributed by atoms with van der Waals surface area (Å²) in [6, 6.07) is 12.4. The Morgan fingerprint density at radius 3 is 2.32 bits per heavy atom. The molecule has 2 aromatic carbocycles. The number of hydrogen-bond donors (Lipinski definition) is 3. The van der Waals surface area contributed by atoms with Gasteiger partial charge in [0.15, 0.2) is 6.10 Å². The predicted octanol–water partition coefficient (Wildman–Crippen LogP) is 4.85. The van der Waals surface area contributed by atoms with Gasteiger partial charge in [0.05, 0.1) is 18.9 Å². The highest BCUT2D eigenvalue weighted by molar-refractivity contribution is 8.01. The van der Waals surface area contributed by atoms with Crippen LogP contribution in [-0.4, -0.2) is 31.8 Å². The van der Waals surface area contributed by atoms with Crippen LogP contribution in [-0.2, 0) is 9.84 Å². The highest BCUT2D eigenvalue weighted by Crippen LogP contribution is 2.38. The van der Waals surface area contributed by atoms with Gasteiger partial charge in [-0.25, -0.2) is 8.42 Å². The van der Waals surface area contributed by atoms with E-state index in [9.17, 15) is 26.7 Å². The molecule has 1 unspecified atom stereocenters. The number of halogens is 3. The Hall–Kier alpha value is -2.34. The number of amidine groups is 1. The maximum absolute atomic E-state index is 13.2. The lowest BCUT2D eigenvalue weighted by molar-refractivity contribution is -0.206. The Morgan fingerprint density at radius 2 is 1.74 bits per heavy atom. The first-order chi connectivity index (χ1) is 14.4. The van der Waals surface area contributed by atoms with Crippen LogP contribution in [0.1, 0.15) is 16.5 Å². The fraction of sp³-hybridized carbons (Fsp3) is 0.150. The van der Waals surface area contributed by atoms with Gasteiger partial charge in [-0.3, -0.25) is 5.41 Å². The van der Waals surface area contributed by atoms with Crippen LogP contribution in [0.5, 0.6) is 0 Å². The molecule has 31 heavy (non-hydrogen) atoms. The first kappa shape index (κ1) is 23.3. The molecule has 0 aliphatic carbocycles. The molecule has 5 nitrogen and oxygen atoms in total. The maximum Gasteiger partial charge on any atom is 0.418 e. The van der Waals surface area contributed by atoms with E-state index in [1.54, 1.807) is 12.3 Å². The van der Waals surface area contributed by atoms with Gasteiger partial charge in [-0.1, -0.05) is 30.3 Å². The summed E-state index contributed by atoms with van der Waals surface area (Å²) >= 11 is 2.31. The number of nitrogens with two attached hydrogens (primary N) is 1. The van der Waals surface area contributed by atoms with Gasteiger partial charge in [-0.15, -0.1) is 23.1 Å². The van der Waals surface area contributed by atoms with Crippen molar-refractivity contribution in [2.24, 2.45) is 5.73 Å². The van der Waals surface area contributed by atoms with Crippen molar-refractivity contribution < 1.29 is 26.7 Å². The van der Waals surface area contributed by atoms with E-state index in [0.717, 1.165) is 17.4 Å². The monoisotopic (exact) mass is 486 g/mol. The molecule has 3 rings (SSSR count). The van der Waals surface area contributed by atoms with Crippen LogP contribution in [0.4, 0.5) is 13.2 Å². The number of aliphatic hydroxyl groups excluding tert-OH is 1. The quantitative estimate of drug-likeness (QED) is 0.263. The molecule has 0 aliphatic rings. The van der Waals surface area contributed by atoms with E-state index in [4.69, 9.17) is 11.1 Å². The van der Waals surface area contributed by atoms with Crippen molar-refractivity contribution in [3.63, 3.8) is 0 Å². The maximum atomic E-state index is 13.2. The third-order valence-electron chi connectivity index (χ3n) is 4.40. The Bertz CT molecular complexity index is 1240. The second-order valence-corrected chi connectivity index (χ2v) is 10.5. The molecular weight excluding hydrogens is 469 g/mol. The molecule has 0 fully saturated rings. The highest BCUT2D eigenvalue weighted by Gasteiger charge is 2.39. The molecule has 0 aliphatic heterocycles. The van der Waals surface area contributed by atoms with Gasteiger partial charge in [0.25, 0.3) is 0 Å². The van der Waals surface area contributed by atoms with Crippen molar-refractivity contribution in [1.82, 2.24) is 0 Å². The third kappa shape index (κ3) is 4.79. The summed E-state index contributed by atoms with van der Waals surface area (Å²) in [5.74, 6) is -0.240. The van der Waals surface area contributed by atoms with Crippen LogP contribution in [0, 0.1) is 5.41 Å². The molecule has 0 radical (unpaired) electrons. The molecule has 0 saturated carbocycles. The Kier molecular flexibility index (Phi) is 6.51. The molecule has 11 heteroatoms. The fourth-order valence-electron chi connectivity index (χ4n) is 2.87. The van der Waals surface area contributed by atoms with Crippen LogP contribution < -0.4 is 5.73 Å². The largest absolute Gasteiger partial charge is 0.418 e. The van der Waals surface area contributed by atoms with Crippen molar-refractivity contribution in [1.29, 1.82) is 5.41 Å². The van der Waals surface area contributed by atoms with Gasteiger partial charge >= 0.3 is 6.18 Å². The van der Waals surface area contributed by atoms with E-state index in [2.05, 4.69) is 0 Å². The highest BCUT2D eigenvalue weighted by atomic mass is 32.2. The van der Waals surface area contributed by atoms with E-state index in [-0.39, 0.29) is 21.2 Å². The molecule has 3 aromatic rings. The third-order valence-corrected chi connectivity index (χ3v) is 8.73. The number of thioether (sulfide) groups is 1. The summed E-state index contributed by atoms with van der Waals surface area (Å²) in [4.78, 5) is 0.302. The first-order valence-corrected chi connectivity index (χ1v) is 12.2. The standard InChI is InChI=1S/C20H17F3N2O3S3/c1-29-19-16(10-15(30-19)18(24)25)31(27,28)14-7-3-5-12(9-14)11-4-2-6-13(8-11)17(26)20(21,22)23/h2-10,17,26H,1H3,(H3,24,25). The fourth-order valence-corrected chi connectivity index (χ4v) is 6.77. The summed E-state index contributed by atoms with van der Waals surface area (Å²) in [5.41, 5.74) is 5.86. The average molecular weight is 487 g/mol. The van der Waals surface area contributed by atoms with E-state index in [0.29, 0.717) is 20.2 Å². The summed E-state index contributed by atoms with van der Waals surface area (Å²) in [7, 11) is -3.97. The zero-order chi connectivity index (χ0) is 23.0. The predicted molar refractivity (Wildman–Crippen MR) is 115 cm³/mol. The molecule has 1 aromatic heterocycles. The zero-order valence-corrected chi connectivity index (χ0v) is 18.4. The number of benzene rings is 2. The molecule has 0 bridgehead atoms. The first-order valence-electron chi connectivity index (χ1n) is 8.67. The molecule has 1 heterocycles. The van der Waals surface area contributed by atoms with Gasteiger partial charge < -0.3 is 10.8 Å². The van der Waals surface area contributed by atoms with Crippen molar-refractivity contribution in [2.45, 2.75) is 26.3 Å². The molecule has 164 valence electrons. The number of sulfone groups is 1. The second kappa shape index (κ2) is 8.65. The Balaban J connectivity index is 2.06. The molecule has 0 saturated heterocycles. The van der Waals surface area contributed by atoms with Gasteiger partial charge in [-0.2, -0.15) is 13.2 Å². The lowest BCUT2D eigenvalue weighted by Gasteiger charge is -2.16. The number of hydrogen-bond acceptors (Lipinski definition) is 6. The van der Waals surface area contributed by atoms with Crippen LogP contribution >= 0.6 is 23.1 Å². The lowest BCUT2D eigenvalue weighted by atomic mass is 10.0.